The summed E-state index contributed by atoms with van der Waals surface area (Å²) in [5.41, 5.74) is 3.09. The summed E-state index contributed by atoms with van der Waals surface area (Å²) < 4.78 is 1.22. The molecule has 2 aliphatic rings. The number of hydrogen-bond acceptors (Lipinski definition) is 1. The number of fused-ring (bicyclic) bond motifs is 1. The van der Waals surface area contributed by atoms with E-state index in [2.05, 4.69) is 46.4 Å². The molecule has 0 aromatic heterocycles. The number of benzene rings is 1. The second-order valence-electron chi connectivity index (χ2n) is 6.71. The maximum Gasteiger partial charge on any atom is 0.0178 e. The maximum absolute atomic E-state index is 3.93. The first kappa shape index (κ1) is 14.6. The van der Waals surface area contributed by atoms with Crippen LogP contribution in [0.2, 0.25) is 0 Å². The fraction of sp³-hybridized carbons (Fsp3) is 0.667. The van der Waals surface area contributed by atoms with Crippen LogP contribution >= 0.6 is 15.9 Å². The first-order chi connectivity index (χ1) is 9.72. The molecule has 110 valence electrons. The molecule has 2 atom stereocenters. The average Bonchev–Trinajstić information content (AvgIpc) is 2.48. The Kier molecular flexibility index (Phi) is 4.83. The standard InChI is InChI=1S/C18H26BrN/c1-13(14-5-3-2-4-6-14)20-18-10-8-15-11-17(19)9-7-16(15)12-18/h7,9,11,13-14,18,20H,2-6,8,10,12H2,1H3/t13-,18?/m0/s1. The van der Waals surface area contributed by atoms with E-state index in [9.17, 15) is 0 Å². The quantitative estimate of drug-likeness (QED) is 0.831. The van der Waals surface area contributed by atoms with Crippen molar-refractivity contribution in [3.8, 4) is 0 Å². The van der Waals surface area contributed by atoms with Crippen LogP contribution in [0.1, 0.15) is 56.6 Å². The van der Waals surface area contributed by atoms with Gasteiger partial charge in [-0.2, -0.15) is 0 Å². The third-order valence-corrected chi connectivity index (χ3v) is 5.75. The van der Waals surface area contributed by atoms with E-state index in [4.69, 9.17) is 0 Å². The largest absolute Gasteiger partial charge is 0.311 e. The van der Waals surface area contributed by atoms with Gasteiger partial charge in [0.05, 0.1) is 0 Å². The summed E-state index contributed by atoms with van der Waals surface area (Å²) in [6.45, 7) is 2.41. The van der Waals surface area contributed by atoms with E-state index >= 15 is 0 Å². The summed E-state index contributed by atoms with van der Waals surface area (Å²) >= 11 is 3.58. The second kappa shape index (κ2) is 6.62. The number of aryl methyl sites for hydroxylation is 1. The predicted molar refractivity (Wildman–Crippen MR) is 89.1 cm³/mol. The van der Waals surface area contributed by atoms with Crippen LogP contribution in [-0.2, 0) is 12.8 Å². The predicted octanol–water partition coefficient (Wildman–Crippen LogP) is 4.86. The summed E-state index contributed by atoms with van der Waals surface area (Å²) in [5.74, 6) is 0.912. The highest BCUT2D eigenvalue weighted by atomic mass is 79.9. The molecule has 0 radical (unpaired) electrons. The average molecular weight is 336 g/mol. The van der Waals surface area contributed by atoms with Gasteiger partial charge in [-0.05, 0) is 68.2 Å². The van der Waals surface area contributed by atoms with E-state index in [0.29, 0.717) is 12.1 Å². The van der Waals surface area contributed by atoms with Gasteiger partial charge in [0.1, 0.15) is 0 Å². The van der Waals surface area contributed by atoms with Gasteiger partial charge in [-0.1, -0.05) is 41.3 Å². The van der Waals surface area contributed by atoms with E-state index < -0.39 is 0 Å². The zero-order valence-electron chi connectivity index (χ0n) is 12.5. The number of rotatable bonds is 3. The van der Waals surface area contributed by atoms with Crippen molar-refractivity contribution >= 4 is 15.9 Å². The summed E-state index contributed by atoms with van der Waals surface area (Å²) in [6, 6.07) is 8.17. The summed E-state index contributed by atoms with van der Waals surface area (Å²) in [7, 11) is 0. The van der Waals surface area contributed by atoms with Crippen molar-refractivity contribution in [2.24, 2.45) is 5.92 Å². The summed E-state index contributed by atoms with van der Waals surface area (Å²) in [6.07, 6.45) is 10.9. The SMILES string of the molecule is C[C@H](NC1CCc2cc(Br)ccc2C1)C1CCCCC1. The van der Waals surface area contributed by atoms with Gasteiger partial charge in [-0.3, -0.25) is 0 Å². The lowest BCUT2D eigenvalue weighted by Crippen LogP contribution is -2.44. The fourth-order valence-electron chi connectivity index (χ4n) is 4.01. The highest BCUT2D eigenvalue weighted by Gasteiger charge is 2.24. The van der Waals surface area contributed by atoms with Crippen LogP contribution in [0, 0.1) is 5.92 Å². The van der Waals surface area contributed by atoms with Crippen molar-refractivity contribution in [1.29, 1.82) is 0 Å². The van der Waals surface area contributed by atoms with Crippen LogP contribution in [0.25, 0.3) is 0 Å². The molecule has 20 heavy (non-hydrogen) atoms. The number of nitrogens with one attached hydrogen (secondary N) is 1. The van der Waals surface area contributed by atoms with Gasteiger partial charge in [-0.15, -0.1) is 0 Å². The van der Waals surface area contributed by atoms with Crippen molar-refractivity contribution < 1.29 is 0 Å². The van der Waals surface area contributed by atoms with E-state index in [1.54, 1.807) is 11.1 Å². The van der Waals surface area contributed by atoms with Crippen molar-refractivity contribution in [2.45, 2.75) is 70.4 Å². The van der Waals surface area contributed by atoms with Gasteiger partial charge in [0.15, 0.2) is 0 Å². The molecule has 1 nitrogen and oxygen atoms in total. The van der Waals surface area contributed by atoms with E-state index in [-0.39, 0.29) is 0 Å². The molecule has 0 aliphatic heterocycles. The van der Waals surface area contributed by atoms with Crippen LogP contribution in [-0.4, -0.2) is 12.1 Å². The van der Waals surface area contributed by atoms with Crippen LogP contribution in [0.5, 0.6) is 0 Å². The zero-order valence-corrected chi connectivity index (χ0v) is 14.1. The Balaban J connectivity index is 1.58. The molecule has 0 saturated heterocycles. The number of hydrogen-bond donors (Lipinski definition) is 1. The molecule has 0 heterocycles. The molecule has 1 fully saturated rings. The van der Waals surface area contributed by atoms with Crippen molar-refractivity contribution in [3.63, 3.8) is 0 Å². The molecule has 1 N–H and O–H groups in total. The van der Waals surface area contributed by atoms with Crippen LogP contribution in [0.4, 0.5) is 0 Å². The minimum absolute atomic E-state index is 0.681. The molecule has 2 aliphatic carbocycles. The third kappa shape index (κ3) is 3.46. The molecule has 3 rings (SSSR count). The molecule has 1 aromatic carbocycles. The minimum atomic E-state index is 0.681. The first-order valence-corrected chi connectivity index (χ1v) is 9.05. The maximum atomic E-state index is 3.93. The monoisotopic (exact) mass is 335 g/mol. The molecule has 1 aromatic rings. The van der Waals surface area contributed by atoms with E-state index in [1.165, 1.54) is 55.8 Å². The van der Waals surface area contributed by atoms with Gasteiger partial charge in [0.2, 0.25) is 0 Å². The smallest absolute Gasteiger partial charge is 0.0178 e. The highest BCUT2D eigenvalue weighted by molar-refractivity contribution is 9.10. The third-order valence-electron chi connectivity index (χ3n) is 5.25. The van der Waals surface area contributed by atoms with Crippen LogP contribution in [0.15, 0.2) is 22.7 Å². The lowest BCUT2D eigenvalue weighted by atomic mass is 9.83. The Morgan fingerprint density at radius 3 is 2.70 bits per heavy atom. The van der Waals surface area contributed by atoms with E-state index in [0.717, 1.165) is 5.92 Å². The molecule has 0 amide bonds. The Bertz CT molecular complexity index is 451. The molecule has 0 spiro atoms. The number of halogens is 1. The van der Waals surface area contributed by atoms with Crippen molar-refractivity contribution in [2.75, 3.05) is 0 Å². The second-order valence-corrected chi connectivity index (χ2v) is 7.62. The van der Waals surface area contributed by atoms with Crippen molar-refractivity contribution in [3.05, 3.63) is 33.8 Å². The molecule has 2 heteroatoms. The van der Waals surface area contributed by atoms with Crippen LogP contribution in [0.3, 0.4) is 0 Å². The lowest BCUT2D eigenvalue weighted by Gasteiger charge is -2.34. The normalized spacial score (nSPS) is 25.2. The van der Waals surface area contributed by atoms with Gasteiger partial charge >= 0.3 is 0 Å². The first-order valence-electron chi connectivity index (χ1n) is 8.26. The van der Waals surface area contributed by atoms with Gasteiger partial charge < -0.3 is 5.32 Å². The summed E-state index contributed by atoms with van der Waals surface area (Å²) in [5, 5.41) is 3.93. The van der Waals surface area contributed by atoms with Gasteiger partial charge in [-0.25, -0.2) is 0 Å². The van der Waals surface area contributed by atoms with Crippen LogP contribution < -0.4 is 5.32 Å². The topological polar surface area (TPSA) is 12.0 Å². The lowest BCUT2D eigenvalue weighted by molar-refractivity contribution is 0.257. The highest BCUT2D eigenvalue weighted by Crippen LogP contribution is 2.29. The Labute approximate surface area is 131 Å². The minimum Gasteiger partial charge on any atom is -0.311 e. The summed E-state index contributed by atoms with van der Waals surface area (Å²) in [4.78, 5) is 0. The Morgan fingerprint density at radius 2 is 1.90 bits per heavy atom. The molecule has 1 unspecified atom stereocenters. The van der Waals surface area contributed by atoms with Gasteiger partial charge in [0, 0.05) is 16.6 Å². The molecule has 1 saturated carbocycles. The fourth-order valence-corrected chi connectivity index (χ4v) is 4.42. The molecular weight excluding hydrogens is 310 g/mol. The molecule has 0 bridgehead atoms. The zero-order chi connectivity index (χ0) is 13.9. The molecular formula is C18H26BrN. The Hall–Kier alpha value is -0.340. The van der Waals surface area contributed by atoms with Crippen molar-refractivity contribution in [1.82, 2.24) is 5.32 Å². The Morgan fingerprint density at radius 1 is 1.10 bits per heavy atom. The van der Waals surface area contributed by atoms with E-state index in [1.807, 2.05) is 0 Å². The van der Waals surface area contributed by atoms with Gasteiger partial charge in [0.25, 0.3) is 0 Å².